The van der Waals surface area contributed by atoms with E-state index in [1.54, 1.807) is 6.92 Å². The Balaban J connectivity index is 0. The maximum atomic E-state index is 9.55. The van der Waals surface area contributed by atoms with E-state index in [0.717, 1.165) is 6.08 Å². The van der Waals surface area contributed by atoms with Gasteiger partial charge in [-0.3, -0.25) is 0 Å². The summed E-state index contributed by atoms with van der Waals surface area (Å²) in [5.74, 6) is -3.41. The van der Waals surface area contributed by atoms with Crippen LogP contribution in [0, 0.1) is 0 Å². The standard InChI is InChI=1S/C4H4O4.C4H6O2/c5-3(6)1-2-4(7)8;1-2-3-4(5)6/h1-2H,(H,5,6)(H,7,8);2-3H,1H3,(H,5,6)/b2-1-;3-2+. The molecule has 0 saturated carbocycles. The van der Waals surface area contributed by atoms with Crippen LogP contribution in [-0.4, -0.2) is 33.2 Å². The Bertz CT molecular complexity index is 247. The van der Waals surface area contributed by atoms with E-state index in [-0.39, 0.29) is 0 Å². The first kappa shape index (κ1) is 14.4. The number of hydrogen-bond acceptors (Lipinski definition) is 3. The number of aliphatic carboxylic acids is 3. The molecule has 0 atom stereocenters. The Kier molecular flexibility index (Phi) is 9.25. The largest absolute Gasteiger partial charge is 0.478 e. The second kappa shape index (κ2) is 8.98. The molecule has 0 fully saturated rings. The number of rotatable bonds is 3. The first-order chi connectivity index (χ1) is 6.40. The minimum absolute atomic E-state index is 0.558. The number of hydrogen-bond donors (Lipinski definition) is 3. The van der Waals surface area contributed by atoms with E-state index in [2.05, 4.69) is 0 Å². The Morgan fingerprint density at radius 2 is 1.07 bits per heavy atom. The summed E-state index contributed by atoms with van der Waals surface area (Å²) in [5, 5.41) is 23.5. The second-order valence-electron chi connectivity index (χ2n) is 1.85. The normalized spacial score (nSPS) is 9.50. The fourth-order valence-corrected chi connectivity index (χ4v) is 0.285. The topological polar surface area (TPSA) is 112 Å². The van der Waals surface area contributed by atoms with Crippen LogP contribution in [0.5, 0.6) is 0 Å². The summed E-state index contributed by atoms with van der Waals surface area (Å²) in [6.45, 7) is 1.66. The summed E-state index contributed by atoms with van der Waals surface area (Å²) < 4.78 is 0. The van der Waals surface area contributed by atoms with Gasteiger partial charge < -0.3 is 15.3 Å². The third-order valence-electron chi connectivity index (χ3n) is 0.678. The predicted octanol–water partition coefficient (Wildman–Crippen LogP) is 0.359. The molecular formula is C8H10O6. The highest BCUT2D eigenvalue weighted by Crippen LogP contribution is 1.70. The molecule has 0 radical (unpaired) electrons. The van der Waals surface area contributed by atoms with Crippen LogP contribution in [0.4, 0.5) is 0 Å². The average Bonchev–Trinajstić information content (AvgIpc) is 2.01. The van der Waals surface area contributed by atoms with Gasteiger partial charge >= 0.3 is 17.9 Å². The molecule has 0 unspecified atom stereocenters. The van der Waals surface area contributed by atoms with E-state index < -0.39 is 17.9 Å². The zero-order valence-corrected chi connectivity index (χ0v) is 7.38. The summed E-state index contributed by atoms with van der Waals surface area (Å²) in [7, 11) is 0. The molecule has 0 bridgehead atoms. The molecule has 0 aliphatic rings. The molecule has 3 N–H and O–H groups in total. The highest BCUT2D eigenvalue weighted by atomic mass is 16.4. The summed E-state index contributed by atoms with van der Waals surface area (Å²) in [5.41, 5.74) is 0. The van der Waals surface area contributed by atoms with Crippen molar-refractivity contribution in [3.63, 3.8) is 0 Å². The van der Waals surface area contributed by atoms with Crippen LogP contribution >= 0.6 is 0 Å². The van der Waals surface area contributed by atoms with Gasteiger partial charge in [-0.2, -0.15) is 0 Å². The van der Waals surface area contributed by atoms with Crippen molar-refractivity contribution in [1.29, 1.82) is 0 Å². The zero-order valence-electron chi connectivity index (χ0n) is 7.38. The molecule has 0 rings (SSSR count). The smallest absolute Gasteiger partial charge is 0.328 e. The lowest BCUT2D eigenvalue weighted by atomic mass is 10.5. The number of carbonyl (C=O) groups is 3. The summed E-state index contributed by atoms with van der Waals surface area (Å²) in [4.78, 5) is 28.6. The van der Waals surface area contributed by atoms with Crippen molar-refractivity contribution >= 4 is 17.9 Å². The molecule has 0 aromatic carbocycles. The Morgan fingerprint density at radius 1 is 0.786 bits per heavy atom. The fourth-order valence-electron chi connectivity index (χ4n) is 0.285. The molecule has 0 saturated heterocycles. The highest BCUT2D eigenvalue weighted by molar-refractivity contribution is 5.89. The Hall–Kier alpha value is -2.11. The molecule has 0 aliphatic heterocycles. The third kappa shape index (κ3) is 22.5. The molecule has 0 amide bonds. The van der Waals surface area contributed by atoms with E-state index >= 15 is 0 Å². The van der Waals surface area contributed by atoms with Gasteiger partial charge in [0.15, 0.2) is 0 Å². The van der Waals surface area contributed by atoms with Gasteiger partial charge in [0, 0.05) is 18.2 Å². The van der Waals surface area contributed by atoms with Gasteiger partial charge in [0.2, 0.25) is 0 Å². The van der Waals surface area contributed by atoms with Crippen LogP contribution in [0.25, 0.3) is 0 Å². The van der Waals surface area contributed by atoms with Crippen molar-refractivity contribution in [2.24, 2.45) is 0 Å². The molecule has 0 spiro atoms. The van der Waals surface area contributed by atoms with E-state index in [9.17, 15) is 14.4 Å². The van der Waals surface area contributed by atoms with E-state index in [0.29, 0.717) is 12.2 Å². The minimum Gasteiger partial charge on any atom is -0.478 e. The molecular weight excluding hydrogens is 192 g/mol. The summed E-state index contributed by atoms with van der Waals surface area (Å²) in [6.07, 6.45) is 3.67. The van der Waals surface area contributed by atoms with Crippen LogP contribution in [0.1, 0.15) is 6.92 Å². The minimum atomic E-state index is -1.26. The molecule has 6 heteroatoms. The Labute approximate surface area is 79.8 Å². The van der Waals surface area contributed by atoms with E-state index in [4.69, 9.17) is 15.3 Å². The van der Waals surface area contributed by atoms with Crippen LogP contribution in [0.3, 0.4) is 0 Å². The maximum absolute atomic E-state index is 9.55. The predicted molar refractivity (Wildman–Crippen MR) is 46.9 cm³/mol. The number of allylic oxidation sites excluding steroid dienone is 1. The molecule has 0 heterocycles. The first-order valence-electron chi connectivity index (χ1n) is 3.39. The van der Waals surface area contributed by atoms with Gasteiger partial charge in [-0.25, -0.2) is 14.4 Å². The zero-order chi connectivity index (χ0) is 11.6. The molecule has 78 valence electrons. The van der Waals surface area contributed by atoms with Crippen LogP contribution in [0.2, 0.25) is 0 Å². The quantitative estimate of drug-likeness (QED) is 0.569. The van der Waals surface area contributed by atoms with Crippen molar-refractivity contribution in [2.45, 2.75) is 6.92 Å². The SMILES string of the molecule is C/C=C/C(=O)O.O=C(O)/C=C\C(=O)O. The molecule has 6 nitrogen and oxygen atoms in total. The monoisotopic (exact) mass is 202 g/mol. The highest BCUT2D eigenvalue weighted by Gasteiger charge is 1.88. The molecule has 0 aromatic rings. The molecule has 0 aromatic heterocycles. The van der Waals surface area contributed by atoms with Crippen molar-refractivity contribution < 1.29 is 29.7 Å². The maximum Gasteiger partial charge on any atom is 0.328 e. The summed E-state index contributed by atoms with van der Waals surface area (Å²) >= 11 is 0. The lowest BCUT2D eigenvalue weighted by Gasteiger charge is -1.74. The number of carboxylic acids is 3. The lowest BCUT2D eigenvalue weighted by molar-refractivity contribution is -0.134. The van der Waals surface area contributed by atoms with Crippen molar-refractivity contribution in [1.82, 2.24) is 0 Å². The Morgan fingerprint density at radius 3 is 1.14 bits per heavy atom. The molecule has 0 aliphatic carbocycles. The summed E-state index contributed by atoms with van der Waals surface area (Å²) in [6, 6.07) is 0. The molecule has 14 heavy (non-hydrogen) atoms. The van der Waals surface area contributed by atoms with Gasteiger partial charge in [-0.1, -0.05) is 6.08 Å². The van der Waals surface area contributed by atoms with Crippen molar-refractivity contribution in [3.8, 4) is 0 Å². The first-order valence-corrected chi connectivity index (χ1v) is 3.39. The van der Waals surface area contributed by atoms with Crippen molar-refractivity contribution in [2.75, 3.05) is 0 Å². The average molecular weight is 202 g/mol. The van der Waals surface area contributed by atoms with Gasteiger partial charge in [-0.15, -0.1) is 0 Å². The van der Waals surface area contributed by atoms with Crippen molar-refractivity contribution in [3.05, 3.63) is 24.3 Å². The van der Waals surface area contributed by atoms with Gasteiger partial charge in [-0.05, 0) is 6.92 Å². The van der Waals surface area contributed by atoms with Crippen LogP contribution in [-0.2, 0) is 14.4 Å². The fraction of sp³-hybridized carbons (Fsp3) is 0.125. The van der Waals surface area contributed by atoms with E-state index in [1.165, 1.54) is 6.08 Å². The van der Waals surface area contributed by atoms with E-state index in [1.807, 2.05) is 0 Å². The lowest BCUT2D eigenvalue weighted by Crippen LogP contribution is -1.91. The second-order valence-corrected chi connectivity index (χ2v) is 1.85. The van der Waals surface area contributed by atoms with Crippen LogP contribution in [0.15, 0.2) is 24.3 Å². The third-order valence-corrected chi connectivity index (χ3v) is 0.678. The van der Waals surface area contributed by atoms with Gasteiger partial charge in [0.25, 0.3) is 0 Å². The van der Waals surface area contributed by atoms with Gasteiger partial charge in [0.1, 0.15) is 0 Å². The number of carboxylic acid groups (broad SMARTS) is 3. The van der Waals surface area contributed by atoms with Crippen LogP contribution < -0.4 is 0 Å². The van der Waals surface area contributed by atoms with Gasteiger partial charge in [0.05, 0.1) is 0 Å².